The minimum Gasteiger partial charge on any atom is -0.399 e. The van der Waals surface area contributed by atoms with Crippen LogP contribution in [-0.2, 0) is 9.63 Å². The van der Waals surface area contributed by atoms with Gasteiger partial charge in [0.05, 0.1) is 28.8 Å². The number of halogens is 4. The molecule has 0 saturated carbocycles. The average Bonchev–Trinajstić information content (AvgIpc) is 2.94. The monoisotopic (exact) mass is 655 g/mol. The lowest BCUT2D eigenvalue weighted by Crippen LogP contribution is -2.55. The van der Waals surface area contributed by atoms with E-state index < -0.39 is 0 Å². The van der Waals surface area contributed by atoms with E-state index in [9.17, 15) is 9.59 Å². The zero-order valence-electron chi connectivity index (χ0n) is 24.2. The number of likely N-dealkylation sites (N-methyl/N-ethyl adjacent to an activating group) is 1. The smallest absolute Gasteiger partial charge is 0.254 e. The Kier molecular flexibility index (Phi) is 11.8. The van der Waals surface area contributed by atoms with Crippen molar-refractivity contribution in [2.45, 2.75) is 31.2 Å². The first-order valence-electron chi connectivity index (χ1n) is 14.0. The molecule has 2 fully saturated rings. The summed E-state index contributed by atoms with van der Waals surface area (Å²) in [6, 6.07) is 10.6. The lowest BCUT2D eigenvalue weighted by atomic mass is 9.89. The van der Waals surface area contributed by atoms with E-state index in [1.807, 2.05) is 19.2 Å². The van der Waals surface area contributed by atoms with Gasteiger partial charge in [-0.2, -0.15) is 0 Å². The SMILES string of the molecule is CON=C(CN(C)C(=O)c1cc(Cl)cc(Cl)c1)C(CCN1CCC(N2CCN(C)CC2=O)CC1)c1ccc(Cl)c(Cl)c1. The Morgan fingerprint density at radius 2 is 1.71 bits per heavy atom. The lowest BCUT2D eigenvalue weighted by molar-refractivity contribution is -0.139. The number of hydrogen-bond acceptors (Lipinski definition) is 6. The normalized spacial score (nSPS) is 18.3. The first kappa shape index (κ1) is 32.8. The third kappa shape index (κ3) is 8.52. The fourth-order valence-electron chi connectivity index (χ4n) is 5.74. The van der Waals surface area contributed by atoms with Gasteiger partial charge in [-0.3, -0.25) is 14.5 Å². The van der Waals surface area contributed by atoms with Crippen LogP contribution in [0, 0.1) is 0 Å². The van der Waals surface area contributed by atoms with Crippen LogP contribution in [-0.4, -0.2) is 110 Å². The molecule has 228 valence electrons. The molecule has 0 radical (unpaired) electrons. The van der Waals surface area contributed by atoms with Gasteiger partial charge in [0, 0.05) is 60.8 Å². The number of likely N-dealkylation sites (tertiary alicyclic amines) is 1. The molecule has 2 amide bonds. The first-order chi connectivity index (χ1) is 20.0. The number of nitrogens with zero attached hydrogens (tertiary/aromatic N) is 5. The maximum atomic E-state index is 13.3. The molecule has 0 bridgehead atoms. The molecule has 1 atom stereocenters. The summed E-state index contributed by atoms with van der Waals surface area (Å²) >= 11 is 25.0. The number of oxime groups is 1. The van der Waals surface area contributed by atoms with Crippen LogP contribution in [0.4, 0.5) is 0 Å². The quantitative estimate of drug-likeness (QED) is 0.239. The van der Waals surface area contributed by atoms with Gasteiger partial charge >= 0.3 is 0 Å². The van der Waals surface area contributed by atoms with E-state index in [4.69, 9.17) is 51.2 Å². The van der Waals surface area contributed by atoms with Gasteiger partial charge in [0.25, 0.3) is 5.91 Å². The largest absolute Gasteiger partial charge is 0.399 e. The van der Waals surface area contributed by atoms with Crippen molar-refractivity contribution in [3.8, 4) is 0 Å². The van der Waals surface area contributed by atoms with E-state index >= 15 is 0 Å². The molecule has 4 rings (SSSR count). The van der Waals surface area contributed by atoms with Crippen LogP contribution in [0.1, 0.15) is 41.1 Å². The fraction of sp³-hybridized carbons (Fsp3) is 0.500. The number of carbonyl (C=O) groups is 2. The van der Waals surface area contributed by atoms with Crippen LogP contribution in [0.2, 0.25) is 20.1 Å². The molecule has 2 saturated heterocycles. The van der Waals surface area contributed by atoms with Crippen molar-refractivity contribution in [3.63, 3.8) is 0 Å². The summed E-state index contributed by atoms with van der Waals surface area (Å²) in [5.74, 6) is -0.201. The number of rotatable bonds is 10. The van der Waals surface area contributed by atoms with Gasteiger partial charge in [-0.25, -0.2) is 0 Å². The minimum atomic E-state index is -0.239. The van der Waals surface area contributed by atoms with Gasteiger partial charge in [0.15, 0.2) is 0 Å². The average molecular weight is 657 g/mol. The summed E-state index contributed by atoms with van der Waals surface area (Å²) in [5, 5.41) is 6.08. The molecule has 0 aliphatic carbocycles. The van der Waals surface area contributed by atoms with Crippen LogP contribution < -0.4 is 0 Å². The van der Waals surface area contributed by atoms with Gasteiger partial charge in [0.2, 0.25) is 5.91 Å². The van der Waals surface area contributed by atoms with E-state index in [1.165, 1.54) is 7.11 Å². The summed E-state index contributed by atoms with van der Waals surface area (Å²) in [4.78, 5) is 39.3. The topological polar surface area (TPSA) is 68.7 Å². The maximum absolute atomic E-state index is 13.3. The second-order valence-electron chi connectivity index (χ2n) is 11.0. The third-order valence-corrected chi connectivity index (χ3v) is 9.17. The van der Waals surface area contributed by atoms with Crippen LogP contribution in [0.5, 0.6) is 0 Å². The Hall–Kier alpha value is -2.07. The molecule has 1 unspecified atom stereocenters. The third-order valence-electron chi connectivity index (χ3n) is 7.99. The highest BCUT2D eigenvalue weighted by Gasteiger charge is 2.31. The highest BCUT2D eigenvalue weighted by molar-refractivity contribution is 6.42. The van der Waals surface area contributed by atoms with Gasteiger partial charge < -0.3 is 19.5 Å². The minimum absolute atomic E-state index is 0.185. The Morgan fingerprint density at radius 3 is 2.33 bits per heavy atom. The second-order valence-corrected chi connectivity index (χ2v) is 12.7. The highest BCUT2D eigenvalue weighted by Crippen LogP contribution is 2.31. The number of carbonyl (C=O) groups excluding carboxylic acids is 2. The van der Waals surface area contributed by atoms with Crippen LogP contribution >= 0.6 is 46.4 Å². The summed E-state index contributed by atoms with van der Waals surface area (Å²) in [6.45, 7) is 5.04. The van der Waals surface area contributed by atoms with E-state index in [2.05, 4.69) is 19.9 Å². The van der Waals surface area contributed by atoms with Crippen molar-refractivity contribution in [3.05, 3.63) is 67.6 Å². The van der Waals surface area contributed by atoms with Crippen LogP contribution in [0.15, 0.2) is 41.6 Å². The summed E-state index contributed by atoms with van der Waals surface area (Å²) in [5.41, 5.74) is 2.00. The van der Waals surface area contributed by atoms with Gasteiger partial charge in [-0.1, -0.05) is 57.6 Å². The van der Waals surface area contributed by atoms with Gasteiger partial charge in [-0.15, -0.1) is 0 Å². The van der Waals surface area contributed by atoms with Crippen molar-refractivity contribution < 1.29 is 14.4 Å². The molecular formula is C30H37Cl4N5O3. The van der Waals surface area contributed by atoms with E-state index in [1.54, 1.807) is 36.2 Å². The maximum Gasteiger partial charge on any atom is 0.254 e. The molecule has 2 heterocycles. The Morgan fingerprint density at radius 1 is 1.02 bits per heavy atom. The molecule has 2 aromatic carbocycles. The fourth-order valence-corrected chi connectivity index (χ4v) is 6.58. The zero-order chi connectivity index (χ0) is 30.4. The molecule has 2 aliphatic heterocycles. The van der Waals surface area contributed by atoms with Crippen LogP contribution in [0.3, 0.4) is 0 Å². The highest BCUT2D eigenvalue weighted by atomic mass is 35.5. The number of benzene rings is 2. The molecule has 2 aliphatic rings. The second kappa shape index (κ2) is 15.1. The summed E-state index contributed by atoms with van der Waals surface area (Å²) in [6.07, 6.45) is 2.62. The number of piperidine rings is 1. The van der Waals surface area contributed by atoms with E-state index in [0.717, 1.165) is 57.5 Å². The molecule has 0 spiro atoms. The molecule has 0 N–H and O–H groups in total. The zero-order valence-corrected chi connectivity index (χ0v) is 27.2. The molecular weight excluding hydrogens is 620 g/mol. The first-order valence-corrected chi connectivity index (χ1v) is 15.5. The van der Waals surface area contributed by atoms with E-state index in [0.29, 0.717) is 44.0 Å². The standard InChI is InChI=1S/C30H37Cl4N5O3/c1-36-12-13-39(29(40)19-36)24-6-9-38(10-7-24)11-8-25(20-4-5-26(33)27(34)16-20)28(35-42-3)18-37(2)30(41)21-14-22(31)17-23(32)15-21/h4-5,14-17,24-25H,6-13,18-19H2,1-3H3. The summed E-state index contributed by atoms with van der Waals surface area (Å²) < 4.78 is 0. The van der Waals surface area contributed by atoms with Gasteiger partial charge in [0.1, 0.15) is 7.11 Å². The number of piperazine rings is 1. The molecule has 0 aromatic heterocycles. The van der Waals surface area contributed by atoms with Crippen molar-refractivity contribution in [2.75, 3.05) is 67.0 Å². The van der Waals surface area contributed by atoms with Crippen molar-refractivity contribution >= 4 is 63.9 Å². The Labute approximate surface area is 268 Å². The van der Waals surface area contributed by atoms with Crippen molar-refractivity contribution in [1.29, 1.82) is 0 Å². The molecule has 2 aromatic rings. The Balaban J connectivity index is 1.47. The predicted octanol–water partition coefficient (Wildman–Crippen LogP) is 5.79. The van der Waals surface area contributed by atoms with Crippen molar-refractivity contribution in [2.24, 2.45) is 5.16 Å². The molecule has 42 heavy (non-hydrogen) atoms. The van der Waals surface area contributed by atoms with Gasteiger partial charge in [-0.05, 0) is 68.8 Å². The number of hydrogen-bond donors (Lipinski definition) is 0. The lowest BCUT2D eigenvalue weighted by Gasteiger charge is -2.42. The summed E-state index contributed by atoms with van der Waals surface area (Å²) in [7, 11) is 5.19. The van der Waals surface area contributed by atoms with Crippen molar-refractivity contribution in [1.82, 2.24) is 19.6 Å². The number of amides is 2. The molecule has 12 heteroatoms. The molecule has 8 nitrogen and oxygen atoms in total. The Bertz CT molecular complexity index is 1280. The predicted molar refractivity (Wildman–Crippen MR) is 170 cm³/mol. The van der Waals surface area contributed by atoms with E-state index in [-0.39, 0.29) is 24.3 Å². The van der Waals surface area contributed by atoms with Crippen LogP contribution in [0.25, 0.3) is 0 Å².